The summed E-state index contributed by atoms with van der Waals surface area (Å²) in [5.74, 6) is -1.06. The van der Waals surface area contributed by atoms with Crippen LogP contribution in [0.2, 0.25) is 5.02 Å². The van der Waals surface area contributed by atoms with Gasteiger partial charge in [-0.15, -0.1) is 0 Å². The van der Waals surface area contributed by atoms with Crippen LogP contribution in [0.4, 0.5) is 17.6 Å². The molecule has 0 aliphatic heterocycles. The van der Waals surface area contributed by atoms with Crippen molar-refractivity contribution in [2.75, 3.05) is 7.11 Å². The SMILES string of the molecule is COC(=O)CC(NC(=O)c1cc2cc(Oc3ccc(C(F)(F)F)cc3)ccc2cn1)c1ccc(-c2ccc(F)c(Cl)c2)cc1. The number of pyridine rings is 1. The van der Waals surface area contributed by atoms with Gasteiger partial charge in [0.2, 0.25) is 0 Å². The van der Waals surface area contributed by atoms with E-state index in [4.69, 9.17) is 21.1 Å². The normalized spacial score (nSPS) is 12.0. The molecule has 1 atom stereocenters. The van der Waals surface area contributed by atoms with Crippen LogP contribution in [-0.4, -0.2) is 24.0 Å². The number of nitrogens with zero attached hydrogens (tertiary/aromatic N) is 1. The molecule has 11 heteroatoms. The molecular weight excluding hydrogens is 600 g/mol. The average Bonchev–Trinajstić information content (AvgIpc) is 3.01. The van der Waals surface area contributed by atoms with E-state index in [2.05, 4.69) is 10.3 Å². The number of hydrogen-bond acceptors (Lipinski definition) is 5. The van der Waals surface area contributed by atoms with Crippen molar-refractivity contribution < 1.29 is 36.6 Å². The van der Waals surface area contributed by atoms with Gasteiger partial charge in [0, 0.05) is 11.6 Å². The van der Waals surface area contributed by atoms with Gasteiger partial charge in [-0.05, 0) is 82.7 Å². The molecule has 224 valence electrons. The zero-order valence-electron chi connectivity index (χ0n) is 23.0. The highest BCUT2D eigenvalue weighted by Crippen LogP contribution is 2.32. The summed E-state index contributed by atoms with van der Waals surface area (Å²) in [6.07, 6.45) is -3.10. The lowest BCUT2D eigenvalue weighted by molar-refractivity contribution is -0.141. The van der Waals surface area contributed by atoms with Gasteiger partial charge in [0.25, 0.3) is 5.91 Å². The molecule has 4 aromatic carbocycles. The van der Waals surface area contributed by atoms with Gasteiger partial charge in [-0.25, -0.2) is 4.39 Å². The van der Waals surface area contributed by atoms with Crippen molar-refractivity contribution in [2.45, 2.75) is 18.6 Å². The molecule has 5 aromatic rings. The number of hydrogen-bond donors (Lipinski definition) is 1. The number of rotatable bonds is 8. The molecule has 1 unspecified atom stereocenters. The van der Waals surface area contributed by atoms with Crippen LogP contribution in [-0.2, 0) is 15.7 Å². The molecular formula is C33H23ClF4N2O4. The van der Waals surface area contributed by atoms with E-state index in [0.29, 0.717) is 27.6 Å². The first-order valence-electron chi connectivity index (χ1n) is 13.2. The minimum atomic E-state index is -4.45. The van der Waals surface area contributed by atoms with Crippen LogP contribution in [0.15, 0.2) is 97.2 Å². The van der Waals surface area contributed by atoms with Gasteiger partial charge >= 0.3 is 12.1 Å². The second-order valence-electron chi connectivity index (χ2n) is 9.76. The molecule has 0 spiro atoms. The highest BCUT2D eigenvalue weighted by atomic mass is 35.5. The number of carbonyl (C=O) groups excluding carboxylic acids is 2. The number of carbonyl (C=O) groups is 2. The summed E-state index contributed by atoms with van der Waals surface area (Å²) in [4.78, 5) is 29.7. The number of aromatic nitrogens is 1. The second kappa shape index (κ2) is 12.7. The van der Waals surface area contributed by atoms with E-state index in [1.54, 1.807) is 54.6 Å². The van der Waals surface area contributed by atoms with E-state index in [-0.39, 0.29) is 22.9 Å². The highest BCUT2D eigenvalue weighted by molar-refractivity contribution is 6.31. The quantitative estimate of drug-likeness (QED) is 0.139. The molecule has 1 heterocycles. The number of benzene rings is 4. The van der Waals surface area contributed by atoms with Gasteiger partial charge in [0.1, 0.15) is 23.0 Å². The number of fused-ring (bicyclic) bond motifs is 1. The fourth-order valence-corrected chi connectivity index (χ4v) is 4.65. The third-order valence-corrected chi connectivity index (χ3v) is 7.10. The third-order valence-electron chi connectivity index (χ3n) is 6.81. The summed E-state index contributed by atoms with van der Waals surface area (Å²) >= 11 is 5.91. The Kier molecular flexibility index (Phi) is 8.82. The minimum Gasteiger partial charge on any atom is -0.469 e. The molecule has 0 saturated carbocycles. The third kappa shape index (κ3) is 7.15. The fourth-order valence-electron chi connectivity index (χ4n) is 4.47. The molecule has 0 saturated heterocycles. The van der Waals surface area contributed by atoms with Gasteiger partial charge in [0.15, 0.2) is 0 Å². The van der Waals surface area contributed by atoms with Gasteiger partial charge in [-0.1, -0.05) is 41.9 Å². The lowest BCUT2D eigenvalue weighted by Crippen LogP contribution is -2.31. The summed E-state index contributed by atoms with van der Waals surface area (Å²) in [5.41, 5.74) is 1.34. The monoisotopic (exact) mass is 622 g/mol. The lowest BCUT2D eigenvalue weighted by atomic mass is 9.99. The van der Waals surface area contributed by atoms with Crippen LogP contribution in [0.1, 0.15) is 34.1 Å². The van der Waals surface area contributed by atoms with Crippen molar-refractivity contribution in [3.63, 3.8) is 0 Å². The van der Waals surface area contributed by atoms with Crippen LogP contribution >= 0.6 is 11.6 Å². The molecule has 0 fully saturated rings. The number of amides is 1. The Morgan fingerprint density at radius 1 is 0.864 bits per heavy atom. The summed E-state index contributed by atoms with van der Waals surface area (Å²) in [7, 11) is 1.25. The van der Waals surface area contributed by atoms with Gasteiger partial charge < -0.3 is 14.8 Å². The first-order chi connectivity index (χ1) is 21.0. The Bertz CT molecular complexity index is 1830. The molecule has 1 amide bonds. The predicted molar refractivity (Wildman–Crippen MR) is 157 cm³/mol. The van der Waals surface area contributed by atoms with Crippen LogP contribution in [0.25, 0.3) is 21.9 Å². The van der Waals surface area contributed by atoms with Crippen LogP contribution in [0, 0.1) is 5.82 Å². The van der Waals surface area contributed by atoms with Crippen molar-refractivity contribution in [3.8, 4) is 22.6 Å². The largest absolute Gasteiger partial charge is 0.469 e. The molecule has 5 rings (SSSR count). The predicted octanol–water partition coefficient (Wildman–Crippen LogP) is 8.54. The van der Waals surface area contributed by atoms with Crippen LogP contribution < -0.4 is 10.1 Å². The average molecular weight is 623 g/mol. The maximum absolute atomic E-state index is 13.6. The molecule has 6 nitrogen and oxygen atoms in total. The first kappa shape index (κ1) is 30.5. The molecule has 0 aliphatic rings. The van der Waals surface area contributed by atoms with Crippen molar-refractivity contribution in [2.24, 2.45) is 0 Å². The number of halogens is 5. The molecule has 0 radical (unpaired) electrons. The Balaban J connectivity index is 1.35. The van der Waals surface area contributed by atoms with E-state index in [1.165, 1.54) is 37.6 Å². The van der Waals surface area contributed by atoms with E-state index in [0.717, 1.165) is 17.7 Å². The minimum absolute atomic E-state index is 0.0106. The second-order valence-corrected chi connectivity index (χ2v) is 10.2. The zero-order valence-corrected chi connectivity index (χ0v) is 23.7. The van der Waals surface area contributed by atoms with Crippen molar-refractivity contribution in [1.29, 1.82) is 0 Å². The van der Waals surface area contributed by atoms with Crippen molar-refractivity contribution in [1.82, 2.24) is 10.3 Å². The molecule has 0 bridgehead atoms. The Morgan fingerprint density at radius 2 is 1.55 bits per heavy atom. The smallest absolute Gasteiger partial charge is 0.416 e. The molecule has 44 heavy (non-hydrogen) atoms. The van der Waals surface area contributed by atoms with E-state index in [9.17, 15) is 27.2 Å². The lowest BCUT2D eigenvalue weighted by Gasteiger charge is -2.19. The number of nitrogens with one attached hydrogen (secondary N) is 1. The van der Waals surface area contributed by atoms with Crippen molar-refractivity contribution in [3.05, 3.63) is 125 Å². The van der Waals surface area contributed by atoms with E-state index >= 15 is 0 Å². The summed E-state index contributed by atoms with van der Waals surface area (Å²) < 4.78 is 62.7. The summed E-state index contributed by atoms with van der Waals surface area (Å²) in [6, 6.07) is 21.4. The number of ether oxygens (including phenoxy) is 2. The zero-order chi connectivity index (χ0) is 31.4. The Labute approximate surface area is 254 Å². The van der Waals surface area contributed by atoms with E-state index in [1.807, 2.05) is 0 Å². The van der Waals surface area contributed by atoms with Gasteiger partial charge in [-0.2, -0.15) is 13.2 Å². The van der Waals surface area contributed by atoms with E-state index < -0.39 is 35.5 Å². The molecule has 0 aliphatic carbocycles. The topological polar surface area (TPSA) is 77.5 Å². The van der Waals surface area contributed by atoms with Gasteiger partial charge in [0.05, 0.1) is 30.2 Å². The summed E-state index contributed by atoms with van der Waals surface area (Å²) in [6.45, 7) is 0. The molecule has 1 aromatic heterocycles. The van der Waals surface area contributed by atoms with Crippen LogP contribution in [0.5, 0.6) is 11.5 Å². The Morgan fingerprint density at radius 3 is 2.20 bits per heavy atom. The number of esters is 1. The maximum Gasteiger partial charge on any atom is 0.416 e. The standard InChI is InChI=1S/C33H23ClF4N2O4/c1-43-31(41)17-29(20-4-2-19(3-5-20)21-7-13-28(35)27(34)15-21)40-32(42)30-16-23-14-26(10-6-22(23)18-39-30)44-25-11-8-24(9-12-25)33(36,37)38/h2-16,18,29H,17H2,1H3,(H,40,42). The van der Waals surface area contributed by atoms with Crippen LogP contribution in [0.3, 0.4) is 0 Å². The highest BCUT2D eigenvalue weighted by Gasteiger charge is 2.30. The fraction of sp³-hybridized carbons (Fsp3) is 0.121. The summed E-state index contributed by atoms with van der Waals surface area (Å²) in [5, 5.41) is 4.12. The van der Waals surface area contributed by atoms with Crippen molar-refractivity contribution >= 4 is 34.2 Å². The maximum atomic E-state index is 13.6. The molecule has 1 N–H and O–H groups in total. The van der Waals surface area contributed by atoms with Gasteiger partial charge in [-0.3, -0.25) is 14.6 Å². The number of alkyl halides is 3. The Hall–Kier alpha value is -4.96. The number of methoxy groups -OCH3 is 1. The first-order valence-corrected chi connectivity index (χ1v) is 13.6.